The average Bonchev–Trinajstić information content (AvgIpc) is 2.36. The molecule has 0 fully saturated rings. The van der Waals surface area contributed by atoms with E-state index in [1.807, 2.05) is 0 Å². The molecule has 0 spiro atoms. The highest BCUT2D eigenvalue weighted by atomic mass is 16.6. The molecule has 0 radical (unpaired) electrons. The molecular formula is C11H13NO6. The molecule has 0 saturated carbocycles. The summed E-state index contributed by atoms with van der Waals surface area (Å²) in [5, 5.41) is 10.6. The normalized spacial score (nSPS) is 9.89. The summed E-state index contributed by atoms with van der Waals surface area (Å²) in [6, 6.07) is 3.91. The maximum atomic E-state index is 11.2. The van der Waals surface area contributed by atoms with Crippen LogP contribution in [0.4, 0.5) is 5.69 Å². The summed E-state index contributed by atoms with van der Waals surface area (Å²) in [4.78, 5) is 21.3. The number of carbonyl (C=O) groups is 1. The molecule has 0 aliphatic rings. The summed E-state index contributed by atoms with van der Waals surface area (Å²) >= 11 is 0. The fourth-order valence-electron chi connectivity index (χ4n) is 1.25. The number of carbonyl (C=O) groups excluding carboxylic acids is 1. The van der Waals surface area contributed by atoms with Gasteiger partial charge in [-0.15, -0.1) is 0 Å². The van der Waals surface area contributed by atoms with Gasteiger partial charge in [0.15, 0.2) is 17.3 Å². The van der Waals surface area contributed by atoms with Crippen LogP contribution in [-0.2, 0) is 9.53 Å². The summed E-state index contributed by atoms with van der Waals surface area (Å²) in [5.41, 5.74) is -0.134. The van der Waals surface area contributed by atoms with E-state index in [9.17, 15) is 14.9 Å². The van der Waals surface area contributed by atoms with Crippen LogP contribution >= 0.6 is 0 Å². The predicted octanol–water partition coefficient (Wildman–Crippen LogP) is 1.20. The Morgan fingerprint density at radius 3 is 2.56 bits per heavy atom. The molecule has 98 valence electrons. The molecule has 0 amide bonds. The van der Waals surface area contributed by atoms with Crippen molar-refractivity contribution in [2.45, 2.75) is 0 Å². The average molecular weight is 255 g/mol. The van der Waals surface area contributed by atoms with Crippen LogP contribution in [0, 0.1) is 10.1 Å². The minimum Gasteiger partial charge on any atom is -0.493 e. The maximum absolute atomic E-state index is 11.2. The molecule has 0 saturated heterocycles. The van der Waals surface area contributed by atoms with Crippen molar-refractivity contribution in [2.24, 2.45) is 0 Å². The molecule has 18 heavy (non-hydrogen) atoms. The SMILES string of the molecule is COCC(=O)COc1cc([N+](=O)[O-])ccc1OC. The maximum Gasteiger partial charge on any atom is 0.273 e. The van der Waals surface area contributed by atoms with Gasteiger partial charge in [0.25, 0.3) is 5.69 Å². The molecule has 0 atom stereocenters. The number of rotatable bonds is 7. The number of hydrogen-bond acceptors (Lipinski definition) is 6. The first-order valence-electron chi connectivity index (χ1n) is 5.04. The molecule has 7 heteroatoms. The van der Waals surface area contributed by atoms with Gasteiger partial charge in [-0.05, 0) is 6.07 Å². The van der Waals surface area contributed by atoms with Crippen LogP contribution in [0.25, 0.3) is 0 Å². The zero-order chi connectivity index (χ0) is 13.5. The van der Waals surface area contributed by atoms with Crippen LogP contribution in [0.2, 0.25) is 0 Å². The quantitative estimate of drug-likeness (QED) is 0.537. The van der Waals surface area contributed by atoms with Crippen molar-refractivity contribution in [2.75, 3.05) is 27.4 Å². The number of non-ortho nitro benzene ring substituents is 1. The summed E-state index contributed by atoms with van der Waals surface area (Å²) < 4.78 is 14.8. The predicted molar refractivity (Wildman–Crippen MR) is 62.0 cm³/mol. The molecule has 1 aromatic carbocycles. The summed E-state index contributed by atoms with van der Waals surface area (Å²) in [5.74, 6) is 0.202. The lowest BCUT2D eigenvalue weighted by Gasteiger charge is -2.09. The highest BCUT2D eigenvalue weighted by molar-refractivity contribution is 5.81. The second-order valence-electron chi connectivity index (χ2n) is 3.35. The lowest BCUT2D eigenvalue weighted by Crippen LogP contribution is -2.16. The number of hydrogen-bond donors (Lipinski definition) is 0. The first-order valence-corrected chi connectivity index (χ1v) is 5.04. The van der Waals surface area contributed by atoms with E-state index in [2.05, 4.69) is 4.74 Å². The molecule has 0 N–H and O–H groups in total. The van der Waals surface area contributed by atoms with Crippen molar-refractivity contribution in [1.82, 2.24) is 0 Å². The van der Waals surface area contributed by atoms with Gasteiger partial charge in [0.2, 0.25) is 0 Å². The molecular weight excluding hydrogens is 242 g/mol. The van der Waals surface area contributed by atoms with Crippen molar-refractivity contribution in [3.05, 3.63) is 28.3 Å². The van der Waals surface area contributed by atoms with E-state index < -0.39 is 4.92 Å². The number of nitrogens with zero attached hydrogens (tertiary/aromatic N) is 1. The monoisotopic (exact) mass is 255 g/mol. The number of ether oxygens (including phenoxy) is 3. The van der Waals surface area contributed by atoms with E-state index >= 15 is 0 Å². The Kier molecular flexibility index (Phi) is 5.06. The van der Waals surface area contributed by atoms with Gasteiger partial charge in [0.05, 0.1) is 18.1 Å². The van der Waals surface area contributed by atoms with Gasteiger partial charge in [0.1, 0.15) is 13.2 Å². The van der Waals surface area contributed by atoms with Crippen LogP contribution in [-0.4, -0.2) is 38.1 Å². The number of nitro groups is 1. The first-order chi connectivity index (χ1) is 8.58. The molecule has 1 rings (SSSR count). The van der Waals surface area contributed by atoms with Crippen LogP contribution in [0.15, 0.2) is 18.2 Å². The Morgan fingerprint density at radius 2 is 2.00 bits per heavy atom. The Morgan fingerprint density at radius 1 is 1.28 bits per heavy atom. The van der Waals surface area contributed by atoms with E-state index in [-0.39, 0.29) is 30.4 Å². The minimum atomic E-state index is -0.552. The number of methoxy groups -OCH3 is 2. The van der Waals surface area contributed by atoms with Gasteiger partial charge in [0, 0.05) is 13.2 Å². The Bertz CT molecular complexity index is 445. The summed E-state index contributed by atoms with van der Waals surface area (Å²) in [6.07, 6.45) is 0. The second-order valence-corrected chi connectivity index (χ2v) is 3.35. The summed E-state index contributed by atoms with van der Waals surface area (Å²) in [7, 11) is 2.80. The van der Waals surface area contributed by atoms with Gasteiger partial charge in [-0.25, -0.2) is 0 Å². The molecule has 0 heterocycles. The fourth-order valence-corrected chi connectivity index (χ4v) is 1.25. The third-order valence-electron chi connectivity index (χ3n) is 2.05. The molecule has 0 aliphatic carbocycles. The Hall–Kier alpha value is -2.15. The van der Waals surface area contributed by atoms with Crippen LogP contribution in [0.5, 0.6) is 11.5 Å². The van der Waals surface area contributed by atoms with Gasteiger partial charge in [-0.2, -0.15) is 0 Å². The highest BCUT2D eigenvalue weighted by Crippen LogP contribution is 2.30. The standard InChI is InChI=1S/C11H13NO6/c1-16-6-9(13)7-18-11-5-8(12(14)15)3-4-10(11)17-2/h3-5H,6-7H2,1-2H3. The van der Waals surface area contributed by atoms with Crippen molar-refractivity contribution in [3.8, 4) is 11.5 Å². The topological polar surface area (TPSA) is 87.9 Å². The molecule has 1 aromatic rings. The molecule has 7 nitrogen and oxygen atoms in total. The zero-order valence-electron chi connectivity index (χ0n) is 10.0. The van der Waals surface area contributed by atoms with Crippen LogP contribution in [0.1, 0.15) is 0 Å². The van der Waals surface area contributed by atoms with Crippen LogP contribution < -0.4 is 9.47 Å². The second kappa shape index (κ2) is 6.55. The third-order valence-corrected chi connectivity index (χ3v) is 2.05. The number of nitro benzene ring substituents is 1. The van der Waals surface area contributed by atoms with Gasteiger partial charge in [-0.1, -0.05) is 0 Å². The first kappa shape index (κ1) is 13.9. The van der Waals surface area contributed by atoms with Crippen molar-refractivity contribution in [3.63, 3.8) is 0 Å². The third kappa shape index (κ3) is 3.70. The van der Waals surface area contributed by atoms with E-state index in [0.717, 1.165) is 0 Å². The summed E-state index contributed by atoms with van der Waals surface area (Å²) in [6.45, 7) is -0.303. The number of ketones is 1. The van der Waals surface area contributed by atoms with Gasteiger partial charge in [-0.3, -0.25) is 14.9 Å². The number of benzene rings is 1. The van der Waals surface area contributed by atoms with Crippen LogP contribution in [0.3, 0.4) is 0 Å². The zero-order valence-corrected chi connectivity index (χ0v) is 10.0. The molecule has 0 unspecified atom stereocenters. The minimum absolute atomic E-state index is 0.0722. The molecule has 0 bridgehead atoms. The fraction of sp³-hybridized carbons (Fsp3) is 0.364. The Labute approximate surface area is 103 Å². The lowest BCUT2D eigenvalue weighted by atomic mass is 10.3. The van der Waals surface area contributed by atoms with Gasteiger partial charge >= 0.3 is 0 Å². The Balaban J connectivity index is 2.81. The van der Waals surface area contributed by atoms with Gasteiger partial charge < -0.3 is 14.2 Å². The number of Topliss-reactive ketones (excluding diaryl/α,β-unsaturated/α-hetero) is 1. The smallest absolute Gasteiger partial charge is 0.273 e. The van der Waals surface area contributed by atoms with E-state index in [1.54, 1.807) is 0 Å². The van der Waals surface area contributed by atoms with Crippen molar-refractivity contribution < 1.29 is 23.9 Å². The highest BCUT2D eigenvalue weighted by Gasteiger charge is 2.13. The van der Waals surface area contributed by atoms with E-state index in [4.69, 9.17) is 9.47 Å². The van der Waals surface area contributed by atoms with Crippen molar-refractivity contribution >= 4 is 11.5 Å². The largest absolute Gasteiger partial charge is 0.493 e. The lowest BCUT2D eigenvalue weighted by molar-refractivity contribution is -0.385. The van der Waals surface area contributed by atoms with Crippen molar-refractivity contribution in [1.29, 1.82) is 0 Å². The van der Waals surface area contributed by atoms with E-state index in [1.165, 1.54) is 32.4 Å². The van der Waals surface area contributed by atoms with E-state index in [0.29, 0.717) is 5.75 Å². The molecule has 0 aromatic heterocycles. The molecule has 0 aliphatic heterocycles.